The van der Waals surface area contributed by atoms with E-state index in [0.29, 0.717) is 17.8 Å². The molecule has 4 aliphatic rings. The Morgan fingerprint density at radius 1 is 1.13 bits per heavy atom. The SMILES string of the molecule is COC(=O)C1=[14CH]C2=CC[C@H]3[C@@H]4CC[C@H](C(=O)NC(C)(C)C)[C@@]4(C)CC[C@@H]3[C@@]2(C)CC1. The van der Waals surface area contributed by atoms with Gasteiger partial charge in [0.1, 0.15) is 0 Å². The van der Waals surface area contributed by atoms with E-state index >= 15 is 0 Å². The smallest absolute Gasteiger partial charge is 0.333 e. The third-order valence-corrected chi connectivity index (χ3v) is 9.03. The van der Waals surface area contributed by atoms with Crippen LogP contribution in [0.25, 0.3) is 0 Å². The van der Waals surface area contributed by atoms with Gasteiger partial charge in [-0.05, 0) is 106 Å². The zero-order chi connectivity index (χ0) is 21.9. The molecule has 0 aromatic rings. The average Bonchev–Trinajstić information content (AvgIpc) is 3.02. The summed E-state index contributed by atoms with van der Waals surface area (Å²) < 4.78 is 4.98. The second-order valence-electron chi connectivity index (χ2n) is 11.8. The molecule has 0 unspecified atom stereocenters. The van der Waals surface area contributed by atoms with Crippen molar-refractivity contribution in [1.82, 2.24) is 5.32 Å². The Morgan fingerprint density at radius 3 is 2.53 bits per heavy atom. The number of rotatable bonds is 2. The minimum Gasteiger partial charge on any atom is -0.466 e. The van der Waals surface area contributed by atoms with Crippen molar-refractivity contribution in [1.29, 1.82) is 0 Å². The highest BCUT2D eigenvalue weighted by Gasteiger charge is 2.59. The highest BCUT2D eigenvalue weighted by molar-refractivity contribution is 5.89. The molecular formula is C26H39NO3. The fraction of sp³-hybridized carbons (Fsp3) is 0.769. The quantitative estimate of drug-likeness (QED) is 0.632. The van der Waals surface area contributed by atoms with Gasteiger partial charge in [0.05, 0.1) is 7.11 Å². The van der Waals surface area contributed by atoms with Crippen LogP contribution in [-0.2, 0) is 14.3 Å². The van der Waals surface area contributed by atoms with E-state index in [4.69, 9.17) is 4.74 Å². The number of carbonyl (C=O) groups is 2. The molecule has 0 aliphatic heterocycles. The summed E-state index contributed by atoms with van der Waals surface area (Å²) in [5, 5.41) is 3.26. The van der Waals surface area contributed by atoms with Gasteiger partial charge in [-0.2, -0.15) is 0 Å². The molecule has 4 heteroatoms. The average molecular weight is 416 g/mol. The molecule has 4 nitrogen and oxygen atoms in total. The van der Waals surface area contributed by atoms with Gasteiger partial charge < -0.3 is 10.1 Å². The predicted octanol–water partition coefficient (Wildman–Crippen LogP) is 5.19. The molecule has 2 saturated carbocycles. The van der Waals surface area contributed by atoms with Crippen molar-refractivity contribution in [2.75, 3.05) is 7.11 Å². The molecule has 166 valence electrons. The first-order chi connectivity index (χ1) is 14.0. The maximum Gasteiger partial charge on any atom is 0.333 e. The Morgan fingerprint density at radius 2 is 1.87 bits per heavy atom. The predicted molar refractivity (Wildman–Crippen MR) is 119 cm³/mol. The van der Waals surface area contributed by atoms with Gasteiger partial charge in [-0.3, -0.25) is 4.79 Å². The van der Waals surface area contributed by atoms with Crippen LogP contribution in [0, 0.1) is 34.5 Å². The summed E-state index contributed by atoms with van der Waals surface area (Å²) in [5.41, 5.74) is 2.25. The Labute approximate surface area is 181 Å². The lowest BCUT2D eigenvalue weighted by Crippen LogP contribution is -2.52. The topological polar surface area (TPSA) is 55.4 Å². The standard InChI is InChI=1S/C26H39NO3/c1-24(2,3)27-22(28)21-10-9-19-18-8-7-17-15-16(23(29)30-6)11-13-25(17,4)20(18)12-14-26(19,21)5/h7,15,18-21H,8-14H2,1-6H3,(H,27,28)/t18-,19-,20-,21+,25-,26-/m0/s1/i15+2. The van der Waals surface area contributed by atoms with Gasteiger partial charge in [-0.1, -0.05) is 19.9 Å². The molecule has 0 bridgehead atoms. The molecule has 2 fully saturated rings. The zero-order valence-electron chi connectivity index (χ0n) is 19.6. The normalized spacial score (nSPS) is 40.3. The number of carbonyl (C=O) groups excluding carboxylic acids is 2. The van der Waals surface area contributed by atoms with E-state index in [0.717, 1.165) is 37.7 Å². The Kier molecular flexibility index (Phi) is 5.22. The molecule has 4 aliphatic carbocycles. The molecule has 1 N–H and O–H groups in total. The monoisotopic (exact) mass is 415 g/mol. The van der Waals surface area contributed by atoms with Crippen molar-refractivity contribution >= 4 is 11.9 Å². The fourth-order valence-corrected chi connectivity index (χ4v) is 7.50. The Bertz CT molecular complexity index is 804. The maximum atomic E-state index is 13.1. The Balaban J connectivity index is 1.59. The number of nitrogens with one attached hydrogen (secondary N) is 1. The van der Waals surface area contributed by atoms with Crippen molar-refractivity contribution < 1.29 is 14.3 Å². The van der Waals surface area contributed by atoms with Gasteiger partial charge in [-0.15, -0.1) is 0 Å². The summed E-state index contributed by atoms with van der Waals surface area (Å²) in [4.78, 5) is 25.2. The van der Waals surface area contributed by atoms with E-state index in [1.807, 2.05) is 0 Å². The molecule has 0 saturated heterocycles. The molecule has 0 aromatic carbocycles. The summed E-state index contributed by atoms with van der Waals surface area (Å²) in [6.45, 7) is 11.0. The molecule has 0 heterocycles. The highest BCUT2D eigenvalue weighted by atomic mass is 16.5. The molecule has 4 rings (SSSR count). The minimum absolute atomic E-state index is 0.111. The summed E-state index contributed by atoms with van der Waals surface area (Å²) in [7, 11) is 1.47. The molecule has 0 radical (unpaired) electrons. The number of methoxy groups -OCH3 is 1. The number of ether oxygens (including phenoxy) is 1. The van der Waals surface area contributed by atoms with Gasteiger partial charge in [0, 0.05) is 17.0 Å². The van der Waals surface area contributed by atoms with Crippen molar-refractivity contribution in [3.63, 3.8) is 0 Å². The second kappa shape index (κ2) is 7.24. The lowest BCUT2D eigenvalue weighted by Gasteiger charge is -2.57. The number of esters is 1. The van der Waals surface area contributed by atoms with Crippen LogP contribution >= 0.6 is 0 Å². The van der Waals surface area contributed by atoms with E-state index in [9.17, 15) is 9.59 Å². The van der Waals surface area contributed by atoms with Gasteiger partial charge >= 0.3 is 5.97 Å². The van der Waals surface area contributed by atoms with Crippen LogP contribution in [0.3, 0.4) is 0 Å². The molecular weight excluding hydrogens is 376 g/mol. The van der Waals surface area contributed by atoms with Crippen molar-refractivity contribution in [2.45, 2.75) is 85.1 Å². The molecule has 30 heavy (non-hydrogen) atoms. The van der Waals surface area contributed by atoms with Crippen LogP contribution in [-0.4, -0.2) is 24.5 Å². The third kappa shape index (κ3) is 3.35. The fourth-order valence-electron chi connectivity index (χ4n) is 7.50. The van der Waals surface area contributed by atoms with Crippen molar-refractivity contribution in [3.05, 3.63) is 23.3 Å². The van der Waals surface area contributed by atoms with Crippen LogP contribution in [0.5, 0.6) is 0 Å². The largest absolute Gasteiger partial charge is 0.466 e. The van der Waals surface area contributed by atoms with E-state index in [2.05, 4.69) is 52.1 Å². The summed E-state index contributed by atoms with van der Waals surface area (Å²) in [6, 6.07) is 0. The number of hydrogen-bond donors (Lipinski definition) is 1. The van der Waals surface area contributed by atoms with E-state index < -0.39 is 0 Å². The third-order valence-electron chi connectivity index (χ3n) is 9.03. The molecule has 1 amide bonds. The van der Waals surface area contributed by atoms with Gasteiger partial charge in [0.2, 0.25) is 5.91 Å². The number of allylic oxidation sites excluding steroid dienone is 3. The number of hydrogen-bond acceptors (Lipinski definition) is 3. The van der Waals surface area contributed by atoms with Crippen molar-refractivity contribution in [3.8, 4) is 0 Å². The summed E-state index contributed by atoms with van der Waals surface area (Å²) in [6.07, 6.45) is 11.9. The maximum absolute atomic E-state index is 13.1. The van der Waals surface area contributed by atoms with Crippen LogP contribution < -0.4 is 5.32 Å². The minimum atomic E-state index is -0.181. The number of amides is 1. The summed E-state index contributed by atoms with van der Waals surface area (Å²) in [5.74, 6) is 2.13. The lowest BCUT2D eigenvalue weighted by atomic mass is 9.49. The van der Waals surface area contributed by atoms with Crippen LogP contribution in [0.1, 0.15) is 79.6 Å². The van der Waals surface area contributed by atoms with Gasteiger partial charge in [-0.25, -0.2) is 4.79 Å². The molecule has 0 spiro atoms. The summed E-state index contributed by atoms with van der Waals surface area (Å²) >= 11 is 0. The first kappa shape index (κ1) is 21.6. The van der Waals surface area contributed by atoms with E-state index in [-0.39, 0.29) is 34.2 Å². The van der Waals surface area contributed by atoms with Gasteiger partial charge in [0.15, 0.2) is 0 Å². The van der Waals surface area contributed by atoms with Crippen LogP contribution in [0.15, 0.2) is 23.3 Å². The Hall–Kier alpha value is -1.58. The van der Waals surface area contributed by atoms with E-state index in [1.165, 1.54) is 25.5 Å². The molecule has 0 aromatic heterocycles. The van der Waals surface area contributed by atoms with E-state index in [1.54, 1.807) is 0 Å². The highest BCUT2D eigenvalue weighted by Crippen LogP contribution is 2.66. The van der Waals surface area contributed by atoms with Crippen LogP contribution in [0.2, 0.25) is 0 Å². The second-order valence-corrected chi connectivity index (χ2v) is 11.8. The van der Waals surface area contributed by atoms with Crippen LogP contribution in [0.4, 0.5) is 0 Å². The first-order valence-corrected chi connectivity index (χ1v) is 11.8. The zero-order valence-corrected chi connectivity index (χ0v) is 19.6. The number of fused-ring (bicyclic) bond motifs is 5. The molecule has 6 atom stereocenters. The van der Waals surface area contributed by atoms with Crippen molar-refractivity contribution in [2.24, 2.45) is 34.5 Å². The first-order valence-electron chi connectivity index (χ1n) is 11.8. The lowest BCUT2D eigenvalue weighted by molar-refractivity contribution is -0.136. The van der Waals surface area contributed by atoms with Gasteiger partial charge in [0.25, 0.3) is 0 Å².